The largest absolute Gasteiger partial charge is 0.509 e. The number of rotatable bonds is 8. The number of aromatic hydroxyl groups is 2. The van der Waals surface area contributed by atoms with E-state index in [1.54, 1.807) is 12.1 Å². The van der Waals surface area contributed by atoms with E-state index in [1.165, 1.54) is 0 Å². The van der Waals surface area contributed by atoms with Gasteiger partial charge < -0.3 is 14.9 Å². The van der Waals surface area contributed by atoms with Crippen LogP contribution < -0.4 is 21.9 Å². The van der Waals surface area contributed by atoms with Gasteiger partial charge in [0.05, 0.1) is 13.2 Å². The molecule has 0 amide bonds. The molecule has 5 heteroatoms. The van der Waals surface area contributed by atoms with E-state index in [1.807, 2.05) is 36.4 Å². The highest BCUT2D eigenvalue weighted by atomic mass is 16.5. The third kappa shape index (κ3) is 5.80. The van der Waals surface area contributed by atoms with Gasteiger partial charge in [0.15, 0.2) is 14.6 Å². The number of phenols is 2. The van der Waals surface area contributed by atoms with Gasteiger partial charge in [-0.25, -0.2) is 0 Å². The average molecular weight is 406 g/mol. The second-order valence-electron chi connectivity index (χ2n) is 7.74. The summed E-state index contributed by atoms with van der Waals surface area (Å²) in [4.78, 5) is 0. The van der Waals surface area contributed by atoms with Crippen LogP contribution in [-0.2, 0) is 18.0 Å². The van der Waals surface area contributed by atoms with Crippen LogP contribution in [0.3, 0.4) is 0 Å². The van der Waals surface area contributed by atoms with E-state index in [2.05, 4.69) is 48.5 Å². The molecule has 0 radical (unpaired) electrons. The van der Waals surface area contributed by atoms with Gasteiger partial charge in [0, 0.05) is 0 Å². The Labute approximate surface area is 184 Å². The first-order chi connectivity index (χ1) is 15.2. The van der Waals surface area contributed by atoms with Gasteiger partial charge in [0.2, 0.25) is 0 Å². The van der Waals surface area contributed by atoms with E-state index in [-0.39, 0.29) is 0 Å². The van der Waals surface area contributed by atoms with E-state index in [0.29, 0.717) is 39.3 Å². The number of hydrogen-bond donors (Lipinski definition) is 2. The number of hydrogen-bond acceptors (Lipinski definition) is 3. The Kier molecular flexibility index (Phi) is 6.75. The molecule has 0 aromatic heterocycles. The first-order valence-corrected chi connectivity index (χ1v) is 10.4. The van der Waals surface area contributed by atoms with E-state index in [9.17, 15) is 10.2 Å². The minimum atomic E-state index is 0.335. The van der Waals surface area contributed by atoms with Crippen LogP contribution in [0, 0.1) is 0 Å². The van der Waals surface area contributed by atoms with Gasteiger partial charge in [-0.2, -0.15) is 0 Å². The molecule has 0 aliphatic carbocycles. The maximum absolute atomic E-state index is 9.92. The van der Waals surface area contributed by atoms with Crippen molar-refractivity contribution in [2.24, 2.45) is 0 Å². The summed E-state index contributed by atoms with van der Waals surface area (Å²) in [5.74, 6) is 0.669. The van der Waals surface area contributed by atoms with E-state index >= 15 is 0 Å². The van der Waals surface area contributed by atoms with E-state index < -0.39 is 0 Å². The molecule has 0 aliphatic rings. The summed E-state index contributed by atoms with van der Waals surface area (Å²) in [5.41, 5.74) is 6.42. The fraction of sp³-hybridized carbons (Fsp3) is 0.0769. The van der Waals surface area contributed by atoms with Gasteiger partial charge >= 0.3 is 0 Å². The highest BCUT2D eigenvalue weighted by molar-refractivity contribution is 6.68. The number of para-hydroxylation sites is 2. The Morgan fingerprint density at radius 2 is 0.903 bits per heavy atom. The molecule has 0 aliphatic heterocycles. The first-order valence-electron chi connectivity index (χ1n) is 10.4. The third-order valence-corrected chi connectivity index (χ3v) is 5.36. The summed E-state index contributed by atoms with van der Waals surface area (Å²) in [6.45, 7) is 1.10. The van der Waals surface area contributed by atoms with Crippen LogP contribution in [0.25, 0.3) is 0 Å². The van der Waals surface area contributed by atoms with Gasteiger partial charge in [-0.1, -0.05) is 95.9 Å². The molecule has 0 saturated heterocycles. The van der Waals surface area contributed by atoms with Crippen molar-refractivity contribution in [3.63, 3.8) is 0 Å². The van der Waals surface area contributed by atoms with Crippen molar-refractivity contribution >= 4 is 36.4 Å². The van der Waals surface area contributed by atoms with Gasteiger partial charge in [-0.05, 0) is 34.2 Å². The summed E-state index contributed by atoms with van der Waals surface area (Å²) in [6, 6.07) is 31.5. The summed E-state index contributed by atoms with van der Waals surface area (Å²) < 4.78 is 5.88. The predicted octanol–water partition coefficient (Wildman–Crippen LogP) is 1.59. The van der Waals surface area contributed by atoms with Crippen molar-refractivity contribution < 1.29 is 14.9 Å². The molecule has 4 aromatic rings. The monoisotopic (exact) mass is 406 g/mol. The molecule has 0 saturated carbocycles. The molecule has 0 bridgehead atoms. The van der Waals surface area contributed by atoms with Gasteiger partial charge in [0.1, 0.15) is 11.5 Å². The number of phenolic OH excluding ortho intramolecular Hbond substituents is 2. The van der Waals surface area contributed by atoms with Crippen LogP contribution in [0.15, 0.2) is 97.1 Å². The SMILES string of the molecule is Oc1ccccc1Bc1ccc(COCc2ccc(Bc3ccccc3O)cc2)cc1. The molecule has 0 unspecified atom stereocenters. The molecule has 4 rings (SSSR count). The van der Waals surface area contributed by atoms with Gasteiger partial charge in [-0.15, -0.1) is 0 Å². The maximum Gasteiger partial charge on any atom is 0.197 e. The molecular weight excluding hydrogens is 382 g/mol. The van der Waals surface area contributed by atoms with Gasteiger partial charge in [0.25, 0.3) is 0 Å². The minimum Gasteiger partial charge on any atom is -0.509 e. The topological polar surface area (TPSA) is 49.7 Å². The smallest absolute Gasteiger partial charge is 0.197 e. The van der Waals surface area contributed by atoms with Crippen molar-refractivity contribution in [3.8, 4) is 11.5 Å². The molecule has 0 heterocycles. The molecule has 152 valence electrons. The van der Waals surface area contributed by atoms with Crippen LogP contribution in [0.4, 0.5) is 0 Å². The first kappa shape index (κ1) is 20.8. The molecule has 31 heavy (non-hydrogen) atoms. The molecule has 0 spiro atoms. The molecular formula is C26H24B2O3. The van der Waals surface area contributed by atoms with Crippen LogP contribution in [0.1, 0.15) is 11.1 Å². The number of ether oxygens (including phenoxy) is 1. The summed E-state index contributed by atoms with van der Waals surface area (Å²) >= 11 is 0. The Hall–Kier alpha value is -3.43. The lowest BCUT2D eigenvalue weighted by atomic mass is 9.63. The lowest BCUT2D eigenvalue weighted by Crippen LogP contribution is -2.27. The zero-order chi connectivity index (χ0) is 21.5. The van der Waals surface area contributed by atoms with E-state index in [4.69, 9.17) is 4.74 Å². The Morgan fingerprint density at radius 3 is 1.29 bits per heavy atom. The number of benzene rings is 4. The highest BCUT2D eigenvalue weighted by Gasteiger charge is 2.05. The predicted molar refractivity (Wildman–Crippen MR) is 130 cm³/mol. The summed E-state index contributed by atoms with van der Waals surface area (Å²) in [5, 5.41) is 19.8. The molecule has 2 N–H and O–H groups in total. The minimum absolute atomic E-state index is 0.335. The summed E-state index contributed by atoms with van der Waals surface area (Å²) in [7, 11) is 1.42. The lowest BCUT2D eigenvalue weighted by Gasteiger charge is -2.08. The second kappa shape index (κ2) is 10.1. The van der Waals surface area contributed by atoms with Crippen molar-refractivity contribution in [2.45, 2.75) is 13.2 Å². The van der Waals surface area contributed by atoms with Crippen LogP contribution in [0.5, 0.6) is 11.5 Å². The molecule has 4 aromatic carbocycles. The van der Waals surface area contributed by atoms with Gasteiger partial charge in [-0.3, -0.25) is 0 Å². The van der Waals surface area contributed by atoms with Crippen LogP contribution in [0.2, 0.25) is 0 Å². The highest BCUT2D eigenvalue weighted by Crippen LogP contribution is 2.06. The molecule has 0 atom stereocenters. The third-order valence-electron chi connectivity index (χ3n) is 5.36. The maximum atomic E-state index is 9.92. The van der Waals surface area contributed by atoms with Crippen molar-refractivity contribution in [1.82, 2.24) is 0 Å². The zero-order valence-corrected chi connectivity index (χ0v) is 17.4. The van der Waals surface area contributed by atoms with Crippen molar-refractivity contribution in [2.75, 3.05) is 0 Å². The van der Waals surface area contributed by atoms with E-state index in [0.717, 1.165) is 33.0 Å². The summed E-state index contributed by atoms with van der Waals surface area (Å²) in [6.07, 6.45) is 0. The molecule has 0 fully saturated rings. The fourth-order valence-corrected chi connectivity index (χ4v) is 3.55. The molecule has 3 nitrogen and oxygen atoms in total. The zero-order valence-electron chi connectivity index (χ0n) is 17.4. The van der Waals surface area contributed by atoms with Crippen LogP contribution >= 0.6 is 0 Å². The average Bonchev–Trinajstić information content (AvgIpc) is 2.79. The normalized spacial score (nSPS) is 10.6. The standard InChI is InChI=1S/C26H24B2O3/c29-25-7-3-1-5-23(25)27-21-13-9-19(10-14-21)17-31-18-20-11-15-22(16-12-20)28-24-6-2-4-8-26(24)30/h1-16,27-30H,17-18H2. The lowest BCUT2D eigenvalue weighted by molar-refractivity contribution is 0.107. The Balaban J connectivity index is 1.26. The fourth-order valence-electron chi connectivity index (χ4n) is 3.55. The van der Waals surface area contributed by atoms with Crippen molar-refractivity contribution in [3.05, 3.63) is 108 Å². The quantitative estimate of drug-likeness (QED) is 0.437. The van der Waals surface area contributed by atoms with Crippen molar-refractivity contribution in [1.29, 1.82) is 0 Å². The second-order valence-corrected chi connectivity index (χ2v) is 7.74. The van der Waals surface area contributed by atoms with Crippen LogP contribution in [-0.4, -0.2) is 24.8 Å². The Morgan fingerprint density at radius 1 is 0.516 bits per heavy atom. The Bertz CT molecular complexity index is 1030.